The SMILES string of the molecule is CC[C@@H](C(=O)NC1CCCCC1)N(Cc1ccccc1Cl)C(=O)COc1ccc2ccccc2c1Br. The van der Waals surface area contributed by atoms with Gasteiger partial charge in [0.25, 0.3) is 5.91 Å². The molecule has 0 aliphatic heterocycles. The highest BCUT2D eigenvalue weighted by Crippen LogP contribution is 2.33. The number of benzene rings is 3. The van der Waals surface area contributed by atoms with Crippen LogP contribution in [-0.2, 0) is 16.1 Å². The van der Waals surface area contributed by atoms with Gasteiger partial charge in [0, 0.05) is 17.6 Å². The third kappa shape index (κ3) is 6.40. The monoisotopic (exact) mass is 570 g/mol. The first-order valence-corrected chi connectivity index (χ1v) is 13.8. The van der Waals surface area contributed by atoms with Crippen LogP contribution in [0.1, 0.15) is 51.0 Å². The molecule has 0 heterocycles. The molecule has 0 spiro atoms. The maximum absolute atomic E-state index is 13.6. The highest BCUT2D eigenvalue weighted by atomic mass is 79.9. The fraction of sp³-hybridized carbons (Fsp3) is 0.379. The fourth-order valence-corrected chi connectivity index (χ4v) is 5.62. The number of hydrogen-bond acceptors (Lipinski definition) is 3. The van der Waals surface area contributed by atoms with Crippen molar-refractivity contribution in [3.8, 4) is 5.75 Å². The van der Waals surface area contributed by atoms with Gasteiger partial charge in [-0.1, -0.05) is 86.3 Å². The normalized spacial score (nSPS) is 14.9. The van der Waals surface area contributed by atoms with Gasteiger partial charge in [0.15, 0.2) is 6.61 Å². The molecule has 190 valence electrons. The number of carbonyl (C=O) groups excluding carboxylic acids is 2. The molecule has 1 fully saturated rings. The average molecular weight is 572 g/mol. The Kier molecular flexibility index (Phi) is 9.27. The molecule has 0 unspecified atom stereocenters. The number of nitrogens with zero attached hydrogens (tertiary/aromatic N) is 1. The molecule has 0 bridgehead atoms. The van der Waals surface area contributed by atoms with Crippen molar-refractivity contribution in [2.75, 3.05) is 6.61 Å². The lowest BCUT2D eigenvalue weighted by Crippen LogP contribution is -2.52. The molecule has 3 aromatic rings. The smallest absolute Gasteiger partial charge is 0.261 e. The van der Waals surface area contributed by atoms with Gasteiger partial charge in [0.1, 0.15) is 11.8 Å². The second kappa shape index (κ2) is 12.6. The summed E-state index contributed by atoms with van der Waals surface area (Å²) >= 11 is 10.1. The Hall–Kier alpha value is -2.57. The molecule has 1 saturated carbocycles. The summed E-state index contributed by atoms with van der Waals surface area (Å²) in [5.74, 6) is 0.205. The summed E-state index contributed by atoms with van der Waals surface area (Å²) in [5, 5.41) is 5.85. The molecule has 7 heteroatoms. The van der Waals surface area contributed by atoms with Gasteiger partial charge >= 0.3 is 0 Å². The second-order valence-corrected chi connectivity index (χ2v) is 10.5. The minimum absolute atomic E-state index is 0.114. The largest absolute Gasteiger partial charge is 0.483 e. The van der Waals surface area contributed by atoms with Crippen LogP contribution < -0.4 is 10.1 Å². The van der Waals surface area contributed by atoms with Crippen molar-refractivity contribution in [3.63, 3.8) is 0 Å². The van der Waals surface area contributed by atoms with Crippen molar-refractivity contribution in [1.82, 2.24) is 10.2 Å². The van der Waals surface area contributed by atoms with Crippen molar-refractivity contribution in [1.29, 1.82) is 0 Å². The van der Waals surface area contributed by atoms with Crippen LogP contribution in [-0.4, -0.2) is 35.4 Å². The van der Waals surface area contributed by atoms with Gasteiger partial charge in [-0.25, -0.2) is 0 Å². The summed E-state index contributed by atoms with van der Waals surface area (Å²) in [4.78, 5) is 28.5. The van der Waals surface area contributed by atoms with Gasteiger partial charge in [0.05, 0.1) is 4.47 Å². The van der Waals surface area contributed by atoms with E-state index in [2.05, 4.69) is 21.2 Å². The molecule has 4 rings (SSSR count). The summed E-state index contributed by atoms with van der Waals surface area (Å²) in [6, 6.07) is 18.8. The van der Waals surface area contributed by atoms with E-state index < -0.39 is 6.04 Å². The standard InChI is InChI=1S/C29H32BrClN2O3/c1-2-25(29(35)32-22-12-4-3-5-13-22)33(18-21-11-7-9-15-24(21)31)27(34)19-36-26-17-16-20-10-6-8-14-23(20)28(26)30/h6-11,14-17,22,25H,2-5,12-13,18-19H2,1H3,(H,32,35)/t25-/m0/s1. The van der Waals surface area contributed by atoms with Gasteiger partial charge < -0.3 is 15.0 Å². The summed E-state index contributed by atoms with van der Waals surface area (Å²) in [6.07, 6.45) is 5.92. The molecule has 3 aromatic carbocycles. The Morgan fingerprint density at radius 2 is 1.78 bits per heavy atom. The van der Waals surface area contributed by atoms with Crippen LogP contribution in [0.2, 0.25) is 5.02 Å². The fourth-order valence-electron chi connectivity index (χ4n) is 4.82. The van der Waals surface area contributed by atoms with Crippen LogP contribution in [0, 0.1) is 0 Å². The third-order valence-electron chi connectivity index (χ3n) is 6.81. The summed E-state index contributed by atoms with van der Waals surface area (Å²) < 4.78 is 6.78. The molecule has 0 aromatic heterocycles. The number of rotatable bonds is 9. The summed E-state index contributed by atoms with van der Waals surface area (Å²) in [6.45, 7) is 1.98. The van der Waals surface area contributed by atoms with E-state index in [0.717, 1.165) is 46.5 Å². The summed E-state index contributed by atoms with van der Waals surface area (Å²) in [5.41, 5.74) is 0.795. The quantitative estimate of drug-likeness (QED) is 0.304. The van der Waals surface area contributed by atoms with E-state index >= 15 is 0 Å². The zero-order chi connectivity index (χ0) is 25.5. The number of halogens is 2. The second-order valence-electron chi connectivity index (χ2n) is 9.27. The van der Waals surface area contributed by atoms with Crippen LogP contribution in [0.3, 0.4) is 0 Å². The Morgan fingerprint density at radius 3 is 2.53 bits per heavy atom. The van der Waals surface area contributed by atoms with E-state index in [4.69, 9.17) is 16.3 Å². The number of ether oxygens (including phenoxy) is 1. The number of carbonyl (C=O) groups is 2. The maximum Gasteiger partial charge on any atom is 0.261 e. The van der Waals surface area contributed by atoms with Gasteiger partial charge in [-0.2, -0.15) is 0 Å². The van der Waals surface area contributed by atoms with E-state index in [1.165, 1.54) is 6.42 Å². The Morgan fingerprint density at radius 1 is 1.06 bits per heavy atom. The first kappa shape index (κ1) is 26.5. The lowest BCUT2D eigenvalue weighted by atomic mass is 9.95. The molecule has 1 N–H and O–H groups in total. The lowest BCUT2D eigenvalue weighted by Gasteiger charge is -2.33. The number of fused-ring (bicyclic) bond motifs is 1. The minimum Gasteiger partial charge on any atom is -0.483 e. The van der Waals surface area contributed by atoms with E-state index in [1.54, 1.807) is 11.0 Å². The Labute approximate surface area is 226 Å². The van der Waals surface area contributed by atoms with Crippen molar-refractivity contribution in [3.05, 3.63) is 75.7 Å². The molecular weight excluding hydrogens is 540 g/mol. The van der Waals surface area contributed by atoms with Gasteiger partial charge in [-0.3, -0.25) is 9.59 Å². The van der Waals surface area contributed by atoms with Gasteiger partial charge in [-0.05, 0) is 63.7 Å². The van der Waals surface area contributed by atoms with Crippen LogP contribution >= 0.6 is 27.5 Å². The van der Waals surface area contributed by atoms with Crippen LogP contribution in [0.4, 0.5) is 0 Å². The molecule has 1 atom stereocenters. The maximum atomic E-state index is 13.6. The lowest BCUT2D eigenvalue weighted by molar-refractivity contribution is -0.143. The van der Waals surface area contributed by atoms with Gasteiger partial charge in [-0.15, -0.1) is 0 Å². The highest BCUT2D eigenvalue weighted by Gasteiger charge is 2.31. The van der Waals surface area contributed by atoms with E-state index in [9.17, 15) is 9.59 Å². The first-order chi connectivity index (χ1) is 17.5. The van der Waals surface area contributed by atoms with Gasteiger partial charge in [0.2, 0.25) is 5.91 Å². The predicted octanol–water partition coefficient (Wildman–Crippen LogP) is 6.89. The van der Waals surface area contributed by atoms with E-state index in [-0.39, 0.29) is 31.0 Å². The van der Waals surface area contributed by atoms with Crippen LogP contribution in [0.5, 0.6) is 5.75 Å². The zero-order valence-corrected chi connectivity index (χ0v) is 22.9. The molecular formula is C29H32BrClN2O3. The van der Waals surface area contributed by atoms with Crippen LogP contribution in [0.25, 0.3) is 10.8 Å². The highest BCUT2D eigenvalue weighted by molar-refractivity contribution is 9.10. The van der Waals surface area contributed by atoms with E-state index in [0.29, 0.717) is 17.2 Å². The molecule has 36 heavy (non-hydrogen) atoms. The number of hydrogen-bond donors (Lipinski definition) is 1. The Bertz CT molecular complexity index is 1210. The van der Waals surface area contributed by atoms with Crippen molar-refractivity contribution < 1.29 is 14.3 Å². The topological polar surface area (TPSA) is 58.6 Å². The molecule has 5 nitrogen and oxygen atoms in total. The third-order valence-corrected chi connectivity index (χ3v) is 8.00. The van der Waals surface area contributed by atoms with Crippen molar-refractivity contribution in [2.24, 2.45) is 0 Å². The number of amides is 2. The first-order valence-electron chi connectivity index (χ1n) is 12.6. The molecule has 0 saturated heterocycles. The van der Waals surface area contributed by atoms with E-state index in [1.807, 2.05) is 61.5 Å². The molecule has 1 aliphatic rings. The molecule has 0 radical (unpaired) electrons. The van der Waals surface area contributed by atoms with Crippen molar-refractivity contribution >= 4 is 50.1 Å². The Balaban J connectivity index is 1.54. The average Bonchev–Trinajstić information content (AvgIpc) is 2.90. The van der Waals surface area contributed by atoms with Crippen molar-refractivity contribution in [2.45, 2.75) is 64.1 Å². The van der Waals surface area contributed by atoms with Crippen LogP contribution in [0.15, 0.2) is 65.1 Å². The zero-order valence-electron chi connectivity index (χ0n) is 20.5. The molecule has 2 amide bonds. The predicted molar refractivity (Wildman–Crippen MR) is 148 cm³/mol. The summed E-state index contributed by atoms with van der Waals surface area (Å²) in [7, 11) is 0. The minimum atomic E-state index is -0.612. The molecule has 1 aliphatic carbocycles. The number of nitrogens with one attached hydrogen (secondary N) is 1.